The van der Waals surface area contributed by atoms with E-state index in [1.165, 1.54) is 11.3 Å². The van der Waals surface area contributed by atoms with Gasteiger partial charge in [0.1, 0.15) is 27.7 Å². The van der Waals surface area contributed by atoms with Crippen LogP contribution in [0.25, 0.3) is 10.2 Å². The number of pyridine rings is 1. The van der Waals surface area contributed by atoms with Gasteiger partial charge in [0.05, 0.1) is 11.7 Å². The molecular weight excluding hydrogens is 466 g/mol. The van der Waals surface area contributed by atoms with Crippen molar-refractivity contribution in [2.45, 2.75) is 45.8 Å². The van der Waals surface area contributed by atoms with E-state index in [-0.39, 0.29) is 11.9 Å². The van der Waals surface area contributed by atoms with Crippen molar-refractivity contribution in [2.75, 3.05) is 30.7 Å². The Morgan fingerprint density at radius 3 is 2.80 bits per heavy atom. The number of carbonyl (C=O) groups is 2. The van der Waals surface area contributed by atoms with Gasteiger partial charge < -0.3 is 31.2 Å². The van der Waals surface area contributed by atoms with Crippen LogP contribution in [0.15, 0.2) is 30.3 Å². The summed E-state index contributed by atoms with van der Waals surface area (Å²) < 4.78 is 11.2. The number of hydrogen-bond donors (Lipinski definition) is 4. The van der Waals surface area contributed by atoms with Crippen molar-refractivity contribution in [1.29, 1.82) is 0 Å². The Kier molecular flexibility index (Phi) is 7.02. The maximum Gasteiger partial charge on any atom is 0.407 e. The maximum absolute atomic E-state index is 12.9. The molecule has 10 heteroatoms. The van der Waals surface area contributed by atoms with Crippen LogP contribution in [0.2, 0.25) is 0 Å². The second kappa shape index (κ2) is 9.99. The first-order valence-corrected chi connectivity index (χ1v) is 12.3. The van der Waals surface area contributed by atoms with E-state index in [1.54, 1.807) is 0 Å². The van der Waals surface area contributed by atoms with Crippen molar-refractivity contribution in [1.82, 2.24) is 15.6 Å². The van der Waals surface area contributed by atoms with Crippen molar-refractivity contribution >= 4 is 44.9 Å². The number of anilines is 2. The molecule has 1 aliphatic heterocycles. The lowest BCUT2D eigenvalue weighted by molar-refractivity contribution is 0.0530. The van der Waals surface area contributed by atoms with Crippen LogP contribution in [0.5, 0.6) is 5.75 Å². The molecule has 9 nitrogen and oxygen atoms in total. The SMILES string of the molecule is Cc1ccc2c(N)c(C(=O)N[C@@H]3COc4cc(NCCNC(=O)OC(C)(C)C)ccc4C3)sc2n1. The van der Waals surface area contributed by atoms with Crippen LogP contribution >= 0.6 is 11.3 Å². The minimum Gasteiger partial charge on any atom is -0.491 e. The third kappa shape index (κ3) is 6.13. The summed E-state index contributed by atoms with van der Waals surface area (Å²) in [6.45, 7) is 8.72. The minimum atomic E-state index is -0.522. The molecule has 186 valence electrons. The molecule has 0 spiro atoms. The lowest BCUT2D eigenvalue weighted by atomic mass is 10.0. The van der Waals surface area contributed by atoms with Crippen LogP contribution in [0.3, 0.4) is 0 Å². The number of aryl methyl sites for hydroxylation is 1. The predicted molar refractivity (Wildman–Crippen MR) is 138 cm³/mol. The molecule has 0 unspecified atom stereocenters. The standard InChI is InChI=1S/C25H31N5O4S/c1-14-5-8-18-20(26)21(35-23(18)29-14)22(31)30-17-11-15-6-7-16(12-19(15)33-13-17)27-9-10-28-24(32)34-25(2,3)4/h5-8,12,17,27H,9-11,13,26H2,1-4H3,(H,28,32)(H,30,31)/t17-/m0/s1. The number of carbonyl (C=O) groups excluding carboxylic acids is 2. The quantitative estimate of drug-likeness (QED) is 0.381. The lowest BCUT2D eigenvalue weighted by Crippen LogP contribution is -2.42. The molecule has 0 bridgehead atoms. The van der Waals surface area contributed by atoms with E-state index in [2.05, 4.69) is 20.9 Å². The number of thiophene rings is 1. The third-order valence-electron chi connectivity index (χ3n) is 5.37. The molecular formula is C25H31N5O4S. The highest BCUT2D eigenvalue weighted by molar-refractivity contribution is 7.21. The lowest BCUT2D eigenvalue weighted by Gasteiger charge is -2.26. The highest BCUT2D eigenvalue weighted by Gasteiger charge is 2.25. The van der Waals surface area contributed by atoms with Crippen molar-refractivity contribution in [3.8, 4) is 5.75 Å². The molecule has 2 amide bonds. The van der Waals surface area contributed by atoms with Gasteiger partial charge in [-0.05, 0) is 57.9 Å². The largest absolute Gasteiger partial charge is 0.491 e. The first kappa shape index (κ1) is 24.6. The monoisotopic (exact) mass is 497 g/mol. The van der Waals surface area contributed by atoms with Crippen LogP contribution in [0, 0.1) is 6.92 Å². The summed E-state index contributed by atoms with van der Waals surface area (Å²) in [5.74, 6) is 0.567. The van der Waals surface area contributed by atoms with Gasteiger partial charge in [-0.15, -0.1) is 11.3 Å². The average molecular weight is 498 g/mol. The number of benzene rings is 1. The van der Waals surface area contributed by atoms with Gasteiger partial charge in [-0.2, -0.15) is 0 Å². The molecule has 3 aromatic rings. The fourth-order valence-electron chi connectivity index (χ4n) is 3.77. The van der Waals surface area contributed by atoms with Crippen molar-refractivity contribution in [2.24, 2.45) is 0 Å². The number of alkyl carbamates (subject to hydrolysis) is 1. The van der Waals surface area contributed by atoms with Gasteiger partial charge in [0, 0.05) is 35.9 Å². The first-order valence-electron chi connectivity index (χ1n) is 11.5. The first-order chi connectivity index (χ1) is 16.6. The Labute approximate surface area is 208 Å². The molecule has 4 rings (SSSR count). The number of amides is 2. The third-order valence-corrected chi connectivity index (χ3v) is 6.48. The van der Waals surface area contributed by atoms with Crippen molar-refractivity contribution in [3.63, 3.8) is 0 Å². The van der Waals surface area contributed by atoms with Crippen molar-refractivity contribution < 1.29 is 19.1 Å². The Morgan fingerprint density at radius 1 is 1.23 bits per heavy atom. The number of nitrogens with two attached hydrogens (primary N) is 1. The van der Waals surface area contributed by atoms with Crippen molar-refractivity contribution in [3.05, 3.63) is 46.5 Å². The van der Waals surface area contributed by atoms with Crippen LogP contribution in [-0.4, -0.2) is 48.3 Å². The fourth-order valence-corrected chi connectivity index (χ4v) is 4.81. The summed E-state index contributed by atoms with van der Waals surface area (Å²) in [4.78, 5) is 30.3. The van der Waals surface area contributed by atoms with Gasteiger partial charge in [0.15, 0.2) is 0 Å². The molecule has 1 aromatic carbocycles. The number of aromatic nitrogens is 1. The van der Waals surface area contributed by atoms with E-state index >= 15 is 0 Å². The number of nitrogen functional groups attached to an aromatic ring is 1. The molecule has 0 saturated heterocycles. The van der Waals surface area contributed by atoms with Gasteiger partial charge in [0.2, 0.25) is 0 Å². The normalized spacial score (nSPS) is 15.1. The highest BCUT2D eigenvalue weighted by atomic mass is 32.1. The van der Waals surface area contributed by atoms with Gasteiger partial charge in [0.25, 0.3) is 5.91 Å². The Hall–Kier alpha value is -3.53. The molecule has 1 atom stereocenters. The van der Waals surface area contributed by atoms with E-state index in [9.17, 15) is 9.59 Å². The maximum atomic E-state index is 12.9. The number of rotatable bonds is 6. The van der Waals surface area contributed by atoms with Gasteiger partial charge in [-0.1, -0.05) is 6.07 Å². The number of nitrogens with zero attached hydrogens (tertiary/aromatic N) is 1. The summed E-state index contributed by atoms with van der Waals surface area (Å²) in [5.41, 5.74) is 8.95. The molecule has 0 saturated carbocycles. The van der Waals surface area contributed by atoms with Crippen LogP contribution in [-0.2, 0) is 11.2 Å². The minimum absolute atomic E-state index is 0.161. The van der Waals surface area contributed by atoms with E-state index in [4.69, 9.17) is 15.2 Å². The molecule has 5 N–H and O–H groups in total. The molecule has 3 heterocycles. The number of nitrogens with one attached hydrogen (secondary N) is 3. The van der Waals surface area contributed by atoms with Crippen LogP contribution in [0.1, 0.15) is 41.7 Å². The van der Waals surface area contributed by atoms with E-state index in [1.807, 2.05) is 58.0 Å². The topological polar surface area (TPSA) is 128 Å². The fraction of sp³-hybridized carbons (Fsp3) is 0.400. The molecule has 35 heavy (non-hydrogen) atoms. The number of ether oxygens (including phenoxy) is 2. The summed E-state index contributed by atoms with van der Waals surface area (Å²) in [6, 6.07) is 9.50. The van der Waals surface area contributed by atoms with Crippen LogP contribution in [0.4, 0.5) is 16.2 Å². The number of hydrogen-bond acceptors (Lipinski definition) is 8. The summed E-state index contributed by atoms with van der Waals surface area (Å²) >= 11 is 1.30. The second-order valence-electron chi connectivity index (χ2n) is 9.51. The average Bonchev–Trinajstić information content (AvgIpc) is 3.11. The molecule has 0 aliphatic carbocycles. The predicted octanol–water partition coefficient (Wildman–Crippen LogP) is 3.86. The molecule has 0 radical (unpaired) electrons. The van der Waals surface area contributed by atoms with Gasteiger partial charge >= 0.3 is 6.09 Å². The van der Waals surface area contributed by atoms with E-state index < -0.39 is 11.7 Å². The Balaban J connectivity index is 1.30. The molecule has 1 aliphatic rings. The zero-order valence-electron chi connectivity index (χ0n) is 20.4. The highest BCUT2D eigenvalue weighted by Crippen LogP contribution is 2.33. The van der Waals surface area contributed by atoms with E-state index in [0.717, 1.165) is 32.9 Å². The number of fused-ring (bicyclic) bond motifs is 2. The van der Waals surface area contributed by atoms with E-state index in [0.29, 0.717) is 36.7 Å². The molecule has 0 fully saturated rings. The van der Waals surface area contributed by atoms with Gasteiger partial charge in [-0.3, -0.25) is 4.79 Å². The summed E-state index contributed by atoms with van der Waals surface area (Å²) in [5, 5.41) is 9.83. The summed E-state index contributed by atoms with van der Waals surface area (Å²) in [6.07, 6.45) is 0.217. The summed E-state index contributed by atoms with van der Waals surface area (Å²) in [7, 11) is 0. The zero-order valence-corrected chi connectivity index (χ0v) is 21.2. The Morgan fingerprint density at radius 2 is 2.03 bits per heavy atom. The van der Waals surface area contributed by atoms with Crippen LogP contribution < -0.4 is 26.4 Å². The molecule has 2 aromatic heterocycles. The second-order valence-corrected chi connectivity index (χ2v) is 10.5. The Bertz CT molecular complexity index is 1250. The van der Waals surface area contributed by atoms with Gasteiger partial charge in [-0.25, -0.2) is 9.78 Å². The zero-order chi connectivity index (χ0) is 25.2. The smallest absolute Gasteiger partial charge is 0.407 e.